The van der Waals surface area contributed by atoms with Crippen molar-refractivity contribution in [3.8, 4) is 0 Å². The summed E-state index contributed by atoms with van der Waals surface area (Å²) < 4.78 is 0. The molecule has 0 fully saturated rings. The number of benzene rings is 1. The Morgan fingerprint density at radius 2 is 1.79 bits per heavy atom. The molecular formula is C11H13N3. The zero-order valence-corrected chi connectivity index (χ0v) is 8.36. The van der Waals surface area contributed by atoms with Crippen molar-refractivity contribution in [3.63, 3.8) is 0 Å². The Hall–Kier alpha value is -1.64. The molecule has 14 heavy (non-hydrogen) atoms. The Labute approximate surface area is 83.2 Å². The van der Waals surface area contributed by atoms with Gasteiger partial charge in [0.15, 0.2) is 0 Å². The van der Waals surface area contributed by atoms with Crippen LogP contribution in [0.15, 0.2) is 30.6 Å². The molecule has 72 valence electrons. The van der Waals surface area contributed by atoms with Crippen molar-refractivity contribution in [1.29, 1.82) is 0 Å². The summed E-state index contributed by atoms with van der Waals surface area (Å²) in [5.74, 6) is 0. The number of anilines is 1. The van der Waals surface area contributed by atoms with Gasteiger partial charge in [-0.25, -0.2) is 0 Å². The number of nitrogens with one attached hydrogen (secondary N) is 1. The second kappa shape index (κ2) is 3.62. The summed E-state index contributed by atoms with van der Waals surface area (Å²) in [5, 5.41) is 3.33. The molecule has 0 atom stereocenters. The minimum Gasteiger partial charge on any atom is -0.383 e. The van der Waals surface area contributed by atoms with E-state index in [2.05, 4.69) is 29.1 Å². The van der Waals surface area contributed by atoms with E-state index < -0.39 is 0 Å². The van der Waals surface area contributed by atoms with Gasteiger partial charge < -0.3 is 5.32 Å². The molecule has 0 saturated carbocycles. The lowest BCUT2D eigenvalue weighted by Gasteiger charge is -2.09. The SMILES string of the molecule is CC(C)Nc1ccc2nccnc2c1. The van der Waals surface area contributed by atoms with Crippen LogP contribution in [0.1, 0.15) is 13.8 Å². The van der Waals surface area contributed by atoms with Gasteiger partial charge in [-0.1, -0.05) is 0 Å². The van der Waals surface area contributed by atoms with Crippen molar-refractivity contribution >= 4 is 16.7 Å². The summed E-state index contributed by atoms with van der Waals surface area (Å²) >= 11 is 0. The van der Waals surface area contributed by atoms with Crippen molar-refractivity contribution in [2.24, 2.45) is 0 Å². The lowest BCUT2D eigenvalue weighted by Crippen LogP contribution is -2.09. The molecule has 0 radical (unpaired) electrons. The van der Waals surface area contributed by atoms with Gasteiger partial charge in [0, 0.05) is 24.1 Å². The van der Waals surface area contributed by atoms with E-state index in [4.69, 9.17) is 0 Å². The molecule has 1 N–H and O–H groups in total. The number of hydrogen-bond acceptors (Lipinski definition) is 3. The third-order valence-corrected chi connectivity index (χ3v) is 1.92. The van der Waals surface area contributed by atoms with Crippen molar-refractivity contribution in [2.75, 3.05) is 5.32 Å². The summed E-state index contributed by atoms with van der Waals surface area (Å²) in [5.41, 5.74) is 2.95. The molecule has 0 saturated heterocycles. The first-order valence-electron chi connectivity index (χ1n) is 4.73. The summed E-state index contributed by atoms with van der Waals surface area (Å²) in [4.78, 5) is 8.46. The van der Waals surface area contributed by atoms with E-state index in [1.165, 1.54) is 0 Å². The van der Waals surface area contributed by atoms with Crippen LogP contribution >= 0.6 is 0 Å². The fourth-order valence-electron chi connectivity index (χ4n) is 1.39. The minimum absolute atomic E-state index is 0.434. The first-order chi connectivity index (χ1) is 6.75. The Balaban J connectivity index is 2.41. The predicted molar refractivity (Wildman–Crippen MR) is 58.3 cm³/mol. The molecule has 3 heteroatoms. The maximum atomic E-state index is 4.25. The largest absolute Gasteiger partial charge is 0.383 e. The van der Waals surface area contributed by atoms with Gasteiger partial charge in [-0.15, -0.1) is 0 Å². The van der Waals surface area contributed by atoms with Crippen molar-refractivity contribution < 1.29 is 0 Å². The van der Waals surface area contributed by atoms with Crippen LogP contribution in [0.2, 0.25) is 0 Å². The first kappa shape index (κ1) is 8.94. The molecule has 3 nitrogen and oxygen atoms in total. The number of aromatic nitrogens is 2. The topological polar surface area (TPSA) is 37.8 Å². The van der Waals surface area contributed by atoms with Gasteiger partial charge in [-0.05, 0) is 32.0 Å². The first-order valence-corrected chi connectivity index (χ1v) is 4.73. The van der Waals surface area contributed by atoms with Crippen molar-refractivity contribution in [2.45, 2.75) is 19.9 Å². The van der Waals surface area contributed by atoms with Crippen LogP contribution in [-0.2, 0) is 0 Å². The van der Waals surface area contributed by atoms with Crippen LogP contribution in [-0.4, -0.2) is 16.0 Å². The number of rotatable bonds is 2. The van der Waals surface area contributed by atoms with Gasteiger partial charge in [0.2, 0.25) is 0 Å². The third-order valence-electron chi connectivity index (χ3n) is 1.92. The summed E-state index contributed by atoms with van der Waals surface area (Å²) in [6.07, 6.45) is 3.42. The predicted octanol–water partition coefficient (Wildman–Crippen LogP) is 2.45. The van der Waals surface area contributed by atoms with Crippen molar-refractivity contribution in [1.82, 2.24) is 9.97 Å². The fourth-order valence-corrected chi connectivity index (χ4v) is 1.39. The van der Waals surface area contributed by atoms with E-state index in [-0.39, 0.29) is 0 Å². The monoisotopic (exact) mass is 187 g/mol. The lowest BCUT2D eigenvalue weighted by molar-refractivity contribution is 0.900. The highest BCUT2D eigenvalue weighted by Gasteiger charge is 1.98. The van der Waals surface area contributed by atoms with Gasteiger partial charge in [0.25, 0.3) is 0 Å². The maximum Gasteiger partial charge on any atom is 0.0907 e. The molecule has 2 rings (SSSR count). The van der Waals surface area contributed by atoms with E-state index in [9.17, 15) is 0 Å². The molecule has 1 aromatic heterocycles. The number of hydrogen-bond donors (Lipinski definition) is 1. The zero-order chi connectivity index (χ0) is 9.97. The highest BCUT2D eigenvalue weighted by Crippen LogP contribution is 2.15. The van der Waals surface area contributed by atoms with Crippen LogP contribution in [0.25, 0.3) is 11.0 Å². The molecule has 1 aromatic carbocycles. The van der Waals surface area contributed by atoms with Gasteiger partial charge in [-0.2, -0.15) is 0 Å². The van der Waals surface area contributed by atoms with Crippen LogP contribution in [0.5, 0.6) is 0 Å². The number of fused-ring (bicyclic) bond motifs is 1. The van der Waals surface area contributed by atoms with Crippen LogP contribution in [0.3, 0.4) is 0 Å². The van der Waals surface area contributed by atoms with Crippen molar-refractivity contribution in [3.05, 3.63) is 30.6 Å². The standard InChI is InChI=1S/C11H13N3/c1-8(2)14-9-3-4-10-11(7-9)13-6-5-12-10/h3-8,14H,1-2H3. The summed E-state index contributed by atoms with van der Waals surface area (Å²) in [6, 6.07) is 6.45. The highest BCUT2D eigenvalue weighted by molar-refractivity contribution is 5.78. The highest BCUT2D eigenvalue weighted by atomic mass is 14.9. The average Bonchev–Trinajstić information content (AvgIpc) is 2.17. The Bertz CT molecular complexity index is 437. The second-order valence-corrected chi connectivity index (χ2v) is 3.56. The molecule has 0 spiro atoms. The fraction of sp³-hybridized carbons (Fsp3) is 0.273. The normalized spacial score (nSPS) is 10.8. The average molecular weight is 187 g/mol. The van der Waals surface area contributed by atoms with Gasteiger partial charge >= 0.3 is 0 Å². The quantitative estimate of drug-likeness (QED) is 0.784. The molecule has 0 unspecified atom stereocenters. The Kier molecular flexibility index (Phi) is 2.31. The smallest absolute Gasteiger partial charge is 0.0907 e. The molecule has 0 bridgehead atoms. The van der Waals surface area contributed by atoms with E-state index in [1.54, 1.807) is 12.4 Å². The van der Waals surface area contributed by atoms with Crippen LogP contribution in [0.4, 0.5) is 5.69 Å². The lowest BCUT2D eigenvalue weighted by atomic mass is 10.2. The minimum atomic E-state index is 0.434. The third kappa shape index (κ3) is 1.82. The van der Waals surface area contributed by atoms with Crippen LogP contribution in [0, 0.1) is 0 Å². The zero-order valence-electron chi connectivity index (χ0n) is 8.36. The van der Waals surface area contributed by atoms with Crippen LogP contribution < -0.4 is 5.32 Å². The maximum absolute atomic E-state index is 4.25. The summed E-state index contributed by atoms with van der Waals surface area (Å²) in [6.45, 7) is 4.22. The van der Waals surface area contributed by atoms with E-state index in [1.807, 2.05) is 18.2 Å². The second-order valence-electron chi connectivity index (χ2n) is 3.56. The van der Waals surface area contributed by atoms with Gasteiger partial charge in [-0.3, -0.25) is 9.97 Å². The molecule has 1 heterocycles. The summed E-state index contributed by atoms with van der Waals surface area (Å²) in [7, 11) is 0. The van der Waals surface area contributed by atoms with Gasteiger partial charge in [0.05, 0.1) is 11.0 Å². The Morgan fingerprint density at radius 1 is 1.07 bits per heavy atom. The van der Waals surface area contributed by atoms with Gasteiger partial charge in [0.1, 0.15) is 0 Å². The Morgan fingerprint density at radius 3 is 2.50 bits per heavy atom. The molecular weight excluding hydrogens is 174 g/mol. The molecule has 0 aliphatic heterocycles. The van der Waals surface area contributed by atoms with E-state index in [0.29, 0.717) is 6.04 Å². The van der Waals surface area contributed by atoms with E-state index in [0.717, 1.165) is 16.7 Å². The molecule has 2 aromatic rings. The molecule has 0 amide bonds. The number of nitrogens with zero attached hydrogens (tertiary/aromatic N) is 2. The van der Waals surface area contributed by atoms with E-state index >= 15 is 0 Å². The molecule has 0 aliphatic rings. The molecule has 0 aliphatic carbocycles.